The minimum atomic E-state index is -0.824. The number of benzene rings is 1. The van der Waals surface area contributed by atoms with Crippen LogP contribution in [0.5, 0.6) is 0 Å². The van der Waals surface area contributed by atoms with Crippen molar-refractivity contribution in [2.75, 3.05) is 5.32 Å². The number of hydrogen-bond donors (Lipinski definition) is 2. The van der Waals surface area contributed by atoms with Gasteiger partial charge in [-0.05, 0) is 56.9 Å². The molecule has 2 aromatic rings. The zero-order chi connectivity index (χ0) is 20.7. The number of carbonyl (C=O) groups is 2. The maximum Gasteiger partial charge on any atom is 0.408 e. The minimum Gasteiger partial charge on any atom is -0.469 e. The van der Waals surface area contributed by atoms with Crippen molar-refractivity contribution in [3.8, 4) is 0 Å². The summed E-state index contributed by atoms with van der Waals surface area (Å²) in [6, 6.07) is 8.69. The number of para-hydroxylation sites is 1. The van der Waals surface area contributed by atoms with Crippen molar-refractivity contribution in [1.29, 1.82) is 0 Å². The van der Waals surface area contributed by atoms with Crippen molar-refractivity contribution in [2.45, 2.75) is 65.5 Å². The van der Waals surface area contributed by atoms with E-state index in [9.17, 15) is 9.59 Å². The molecule has 0 spiro atoms. The molecule has 0 saturated heterocycles. The van der Waals surface area contributed by atoms with E-state index in [1.807, 2.05) is 32.0 Å². The van der Waals surface area contributed by atoms with Crippen LogP contribution in [0.15, 0.2) is 41.0 Å². The van der Waals surface area contributed by atoms with Gasteiger partial charge in [0.25, 0.3) is 0 Å². The maximum absolute atomic E-state index is 13.1. The van der Waals surface area contributed by atoms with E-state index in [1.54, 1.807) is 39.2 Å². The Labute approximate surface area is 166 Å². The van der Waals surface area contributed by atoms with Gasteiger partial charge in [0.15, 0.2) is 0 Å². The molecule has 2 N–H and O–H groups in total. The molecule has 0 fully saturated rings. The second-order valence-electron chi connectivity index (χ2n) is 7.63. The van der Waals surface area contributed by atoms with Gasteiger partial charge < -0.3 is 19.8 Å². The molecular formula is C22H30N2O4. The summed E-state index contributed by atoms with van der Waals surface area (Å²) in [6.45, 7) is 9.42. The maximum atomic E-state index is 13.1. The molecule has 0 aliphatic heterocycles. The van der Waals surface area contributed by atoms with Crippen LogP contribution in [0.2, 0.25) is 0 Å². The summed E-state index contributed by atoms with van der Waals surface area (Å²) in [5.74, 6) is 0.300. The van der Waals surface area contributed by atoms with E-state index in [0.717, 1.165) is 29.7 Å². The van der Waals surface area contributed by atoms with Crippen LogP contribution in [-0.2, 0) is 28.8 Å². The molecule has 1 aromatic carbocycles. The van der Waals surface area contributed by atoms with Crippen LogP contribution in [0.25, 0.3) is 0 Å². The molecule has 1 atom stereocenters. The van der Waals surface area contributed by atoms with Gasteiger partial charge in [-0.1, -0.05) is 32.0 Å². The van der Waals surface area contributed by atoms with Crippen molar-refractivity contribution in [3.05, 3.63) is 53.5 Å². The molecule has 28 heavy (non-hydrogen) atoms. The molecule has 152 valence electrons. The first-order chi connectivity index (χ1) is 13.2. The standard InChI is InChI=1S/C22H30N2O4/c1-6-15-10-8-11-16(7-2)19(15)24-20(25)18(14-17-12-9-13-27-17)23-21(26)28-22(3,4)5/h8-13,18H,6-7,14H2,1-5H3,(H,23,26)(H,24,25). The summed E-state index contributed by atoms with van der Waals surface area (Å²) in [5.41, 5.74) is 2.27. The summed E-state index contributed by atoms with van der Waals surface area (Å²) in [5, 5.41) is 5.68. The van der Waals surface area contributed by atoms with Crippen molar-refractivity contribution in [3.63, 3.8) is 0 Å². The summed E-state index contributed by atoms with van der Waals surface area (Å²) in [6.07, 6.45) is 2.73. The fraction of sp³-hybridized carbons (Fsp3) is 0.455. The summed E-state index contributed by atoms with van der Waals surface area (Å²) in [7, 11) is 0. The summed E-state index contributed by atoms with van der Waals surface area (Å²) < 4.78 is 10.7. The van der Waals surface area contributed by atoms with Crippen molar-refractivity contribution < 1.29 is 18.7 Å². The topological polar surface area (TPSA) is 80.6 Å². The van der Waals surface area contributed by atoms with Crippen LogP contribution in [0.3, 0.4) is 0 Å². The third-order valence-electron chi connectivity index (χ3n) is 4.24. The molecule has 0 aliphatic rings. The van der Waals surface area contributed by atoms with Crippen LogP contribution in [0.1, 0.15) is 51.5 Å². The van der Waals surface area contributed by atoms with Crippen LogP contribution >= 0.6 is 0 Å². The molecule has 0 aliphatic carbocycles. The van der Waals surface area contributed by atoms with E-state index in [0.29, 0.717) is 5.76 Å². The van der Waals surface area contributed by atoms with E-state index < -0.39 is 17.7 Å². The van der Waals surface area contributed by atoms with Gasteiger partial charge in [0.2, 0.25) is 5.91 Å². The first kappa shape index (κ1) is 21.5. The van der Waals surface area contributed by atoms with Gasteiger partial charge in [-0.3, -0.25) is 4.79 Å². The van der Waals surface area contributed by atoms with E-state index >= 15 is 0 Å². The Bertz CT molecular complexity index is 769. The SMILES string of the molecule is CCc1cccc(CC)c1NC(=O)C(Cc1ccco1)NC(=O)OC(C)(C)C. The van der Waals surface area contributed by atoms with E-state index in [4.69, 9.17) is 9.15 Å². The Hall–Kier alpha value is -2.76. The van der Waals surface area contributed by atoms with Gasteiger partial charge in [0.1, 0.15) is 17.4 Å². The van der Waals surface area contributed by atoms with Crippen molar-refractivity contribution >= 4 is 17.7 Å². The highest BCUT2D eigenvalue weighted by molar-refractivity contribution is 5.98. The molecule has 0 bridgehead atoms. The molecule has 6 heteroatoms. The number of alkyl carbamates (subject to hydrolysis) is 1. The molecule has 0 saturated carbocycles. The average Bonchev–Trinajstić information content (AvgIpc) is 3.12. The lowest BCUT2D eigenvalue weighted by molar-refractivity contribution is -0.118. The number of rotatable bonds is 7. The first-order valence-electron chi connectivity index (χ1n) is 9.67. The number of hydrogen-bond acceptors (Lipinski definition) is 4. The number of nitrogens with one attached hydrogen (secondary N) is 2. The number of ether oxygens (including phenoxy) is 1. The van der Waals surface area contributed by atoms with Gasteiger partial charge >= 0.3 is 6.09 Å². The Morgan fingerprint density at radius 3 is 2.21 bits per heavy atom. The van der Waals surface area contributed by atoms with Crippen molar-refractivity contribution in [2.24, 2.45) is 0 Å². The van der Waals surface area contributed by atoms with Gasteiger partial charge in [-0.15, -0.1) is 0 Å². The number of amides is 2. The van der Waals surface area contributed by atoms with Gasteiger partial charge in [0.05, 0.1) is 6.26 Å². The Morgan fingerprint density at radius 2 is 1.71 bits per heavy atom. The summed E-state index contributed by atoms with van der Waals surface area (Å²) >= 11 is 0. The molecule has 0 radical (unpaired) electrons. The number of anilines is 1. The van der Waals surface area contributed by atoms with Gasteiger partial charge in [0, 0.05) is 12.1 Å². The zero-order valence-corrected chi connectivity index (χ0v) is 17.3. The van der Waals surface area contributed by atoms with Crippen LogP contribution in [0, 0.1) is 0 Å². The van der Waals surface area contributed by atoms with Gasteiger partial charge in [-0.2, -0.15) is 0 Å². The second kappa shape index (κ2) is 9.44. The molecular weight excluding hydrogens is 356 g/mol. The second-order valence-corrected chi connectivity index (χ2v) is 7.63. The summed E-state index contributed by atoms with van der Waals surface area (Å²) in [4.78, 5) is 25.3. The molecule has 2 rings (SSSR count). The lowest BCUT2D eigenvalue weighted by Crippen LogP contribution is -2.47. The van der Waals surface area contributed by atoms with Crippen LogP contribution in [0.4, 0.5) is 10.5 Å². The Morgan fingerprint density at radius 1 is 1.07 bits per heavy atom. The molecule has 1 heterocycles. The zero-order valence-electron chi connectivity index (χ0n) is 17.3. The minimum absolute atomic E-state index is 0.230. The van der Waals surface area contributed by atoms with Gasteiger partial charge in [-0.25, -0.2) is 4.79 Å². The average molecular weight is 386 g/mol. The van der Waals surface area contributed by atoms with E-state index in [2.05, 4.69) is 10.6 Å². The number of aryl methyl sites for hydroxylation is 2. The normalized spacial score (nSPS) is 12.3. The Balaban J connectivity index is 2.22. The molecule has 2 amide bonds. The van der Waals surface area contributed by atoms with Crippen LogP contribution < -0.4 is 10.6 Å². The highest BCUT2D eigenvalue weighted by Gasteiger charge is 2.26. The highest BCUT2D eigenvalue weighted by Crippen LogP contribution is 2.23. The monoisotopic (exact) mass is 386 g/mol. The lowest BCUT2D eigenvalue weighted by Gasteiger charge is -2.24. The smallest absolute Gasteiger partial charge is 0.408 e. The molecule has 1 unspecified atom stereocenters. The quantitative estimate of drug-likeness (QED) is 0.735. The third-order valence-corrected chi connectivity index (χ3v) is 4.24. The fourth-order valence-corrected chi connectivity index (χ4v) is 2.90. The molecule has 6 nitrogen and oxygen atoms in total. The van der Waals surface area contributed by atoms with E-state index in [-0.39, 0.29) is 12.3 Å². The predicted octanol–water partition coefficient (Wildman–Crippen LogP) is 4.48. The van der Waals surface area contributed by atoms with Crippen molar-refractivity contribution in [1.82, 2.24) is 5.32 Å². The number of furan rings is 1. The number of carbonyl (C=O) groups excluding carboxylic acids is 2. The first-order valence-corrected chi connectivity index (χ1v) is 9.67. The fourth-order valence-electron chi connectivity index (χ4n) is 2.90. The third kappa shape index (κ3) is 6.15. The lowest BCUT2D eigenvalue weighted by atomic mass is 10.0. The highest BCUT2D eigenvalue weighted by atomic mass is 16.6. The van der Waals surface area contributed by atoms with E-state index in [1.165, 1.54) is 0 Å². The molecule has 1 aromatic heterocycles. The predicted molar refractivity (Wildman–Crippen MR) is 109 cm³/mol. The Kier molecular flexibility index (Phi) is 7.26. The van der Waals surface area contributed by atoms with Crippen LogP contribution in [-0.4, -0.2) is 23.6 Å². The largest absolute Gasteiger partial charge is 0.469 e.